The van der Waals surface area contributed by atoms with Gasteiger partial charge >= 0.3 is 0 Å². The number of benzene rings is 2. The molecule has 1 amide bonds. The minimum absolute atomic E-state index is 0.0689. The van der Waals surface area contributed by atoms with Crippen LogP contribution in [-0.4, -0.2) is 35.7 Å². The lowest BCUT2D eigenvalue weighted by Crippen LogP contribution is -2.29. The number of pyridine rings is 1. The first kappa shape index (κ1) is 23.9. The molecule has 9 nitrogen and oxygen atoms in total. The zero-order valence-corrected chi connectivity index (χ0v) is 21.1. The maximum atomic E-state index is 13.1. The fourth-order valence-corrected chi connectivity index (χ4v) is 4.52. The van der Waals surface area contributed by atoms with Crippen molar-refractivity contribution in [1.29, 1.82) is 5.26 Å². The number of carbonyl (C=O) groups is 1. The van der Waals surface area contributed by atoms with E-state index in [1.54, 1.807) is 28.2 Å². The van der Waals surface area contributed by atoms with E-state index >= 15 is 0 Å². The number of hydrogen-bond acceptors (Lipinski definition) is 6. The third-order valence-electron chi connectivity index (χ3n) is 6.28. The highest BCUT2D eigenvalue weighted by molar-refractivity contribution is 6.06. The summed E-state index contributed by atoms with van der Waals surface area (Å²) in [5.41, 5.74) is 5.58. The summed E-state index contributed by atoms with van der Waals surface area (Å²) >= 11 is 0. The van der Waals surface area contributed by atoms with E-state index in [1.165, 1.54) is 6.92 Å². The number of aryl methyl sites for hydroxylation is 1. The van der Waals surface area contributed by atoms with Gasteiger partial charge in [0.05, 0.1) is 47.7 Å². The smallest absolute Gasteiger partial charge is 0.224 e. The van der Waals surface area contributed by atoms with E-state index in [-0.39, 0.29) is 18.5 Å². The number of aromatic nitrogens is 6. The molecule has 3 heterocycles. The van der Waals surface area contributed by atoms with Crippen LogP contribution >= 0.6 is 0 Å². The van der Waals surface area contributed by atoms with Gasteiger partial charge in [-0.2, -0.15) is 10.4 Å². The molecule has 0 spiro atoms. The Morgan fingerprint density at radius 1 is 1.14 bits per heavy atom. The van der Waals surface area contributed by atoms with Crippen molar-refractivity contribution >= 4 is 22.5 Å². The largest absolute Gasteiger partial charge is 0.306 e. The highest BCUT2D eigenvalue weighted by Gasteiger charge is 2.26. The third kappa shape index (κ3) is 4.34. The Morgan fingerprint density at radius 2 is 1.89 bits per heavy atom. The molecule has 0 unspecified atom stereocenters. The van der Waals surface area contributed by atoms with Crippen molar-refractivity contribution < 1.29 is 4.79 Å². The van der Waals surface area contributed by atoms with Gasteiger partial charge in [-0.3, -0.25) is 9.48 Å². The maximum absolute atomic E-state index is 13.1. The number of amides is 1. The molecule has 2 aromatic carbocycles. The monoisotopic (exact) mass is 490 g/mol. The second-order valence-corrected chi connectivity index (χ2v) is 9.15. The van der Waals surface area contributed by atoms with Crippen molar-refractivity contribution in [2.45, 2.75) is 40.3 Å². The lowest BCUT2D eigenvalue weighted by molar-refractivity contribution is -0.116. The van der Waals surface area contributed by atoms with E-state index in [1.807, 2.05) is 74.0 Å². The molecule has 5 rings (SSSR count). The van der Waals surface area contributed by atoms with Crippen LogP contribution in [-0.2, 0) is 11.3 Å². The Labute approximate surface area is 214 Å². The van der Waals surface area contributed by atoms with Crippen LogP contribution in [0.5, 0.6) is 0 Å². The van der Waals surface area contributed by atoms with Gasteiger partial charge in [-0.15, -0.1) is 5.10 Å². The average Bonchev–Trinajstić information content (AvgIpc) is 3.57. The minimum Gasteiger partial charge on any atom is -0.306 e. The van der Waals surface area contributed by atoms with Gasteiger partial charge in [-0.25, -0.2) is 9.67 Å². The zero-order valence-electron chi connectivity index (χ0n) is 21.1. The maximum Gasteiger partial charge on any atom is 0.224 e. The van der Waals surface area contributed by atoms with E-state index in [9.17, 15) is 10.1 Å². The number of para-hydroxylation sites is 1. The van der Waals surface area contributed by atoms with Gasteiger partial charge in [0, 0.05) is 18.4 Å². The van der Waals surface area contributed by atoms with Crippen molar-refractivity contribution in [2.75, 3.05) is 4.90 Å². The van der Waals surface area contributed by atoms with Gasteiger partial charge in [-0.05, 0) is 50.1 Å². The molecule has 0 radical (unpaired) electrons. The van der Waals surface area contributed by atoms with Crippen LogP contribution in [0.2, 0.25) is 0 Å². The summed E-state index contributed by atoms with van der Waals surface area (Å²) in [5.74, 6) is -0.173. The lowest BCUT2D eigenvalue weighted by atomic mass is 10.0. The van der Waals surface area contributed by atoms with Crippen molar-refractivity contribution in [2.24, 2.45) is 0 Å². The molecule has 0 saturated carbocycles. The summed E-state index contributed by atoms with van der Waals surface area (Å²) in [6.45, 7) is 7.84. The summed E-state index contributed by atoms with van der Waals surface area (Å²) in [6.07, 6.45) is 5.17. The first-order valence-corrected chi connectivity index (χ1v) is 12.0. The summed E-state index contributed by atoms with van der Waals surface area (Å²) < 4.78 is 3.54. The van der Waals surface area contributed by atoms with Crippen LogP contribution in [0, 0.1) is 18.3 Å². The number of nitriles is 1. The van der Waals surface area contributed by atoms with E-state index in [0.717, 1.165) is 27.9 Å². The van der Waals surface area contributed by atoms with Gasteiger partial charge in [-0.1, -0.05) is 35.5 Å². The fraction of sp³-hybridized carbons (Fsp3) is 0.214. The van der Waals surface area contributed by atoms with Gasteiger partial charge in [0.2, 0.25) is 5.91 Å². The fourth-order valence-electron chi connectivity index (χ4n) is 4.52. The number of hydrogen-bond donors (Lipinski definition) is 0. The summed E-state index contributed by atoms with van der Waals surface area (Å²) in [7, 11) is 0. The number of rotatable bonds is 6. The molecule has 37 heavy (non-hydrogen) atoms. The molecule has 0 aliphatic heterocycles. The van der Waals surface area contributed by atoms with Gasteiger partial charge < -0.3 is 4.90 Å². The molecule has 0 aliphatic carbocycles. The Balaban J connectivity index is 1.69. The van der Waals surface area contributed by atoms with Crippen molar-refractivity contribution in [1.82, 2.24) is 29.8 Å². The lowest BCUT2D eigenvalue weighted by Gasteiger charge is -2.26. The van der Waals surface area contributed by atoms with Gasteiger partial charge in [0.15, 0.2) is 0 Å². The number of carbonyl (C=O) groups excluding carboxylic acids is 1. The molecule has 184 valence electrons. The Kier molecular flexibility index (Phi) is 6.24. The first-order valence-electron chi connectivity index (χ1n) is 12.0. The molecule has 5 aromatic rings. The molecule has 0 saturated heterocycles. The standard InChI is InChI=1S/C28H26N8O/c1-18(2)36-27(19(3)16-31-36)26-24(15-29)28(23-7-5-6-8-25(23)32-26)34(20(4)37)17-21-9-11-22(12-10-21)35-14-13-30-33-35/h5-14,16,18H,17H2,1-4H3. The molecule has 9 heteroatoms. The Hall–Kier alpha value is -4.84. The number of fused-ring (bicyclic) bond motifs is 1. The second-order valence-electron chi connectivity index (χ2n) is 9.15. The molecule has 3 aromatic heterocycles. The van der Waals surface area contributed by atoms with Crippen LogP contribution in [0.15, 0.2) is 67.1 Å². The van der Waals surface area contributed by atoms with Crippen LogP contribution in [0.25, 0.3) is 28.0 Å². The van der Waals surface area contributed by atoms with E-state index in [0.29, 0.717) is 22.5 Å². The summed E-state index contributed by atoms with van der Waals surface area (Å²) in [4.78, 5) is 19.7. The first-order chi connectivity index (χ1) is 17.9. The zero-order chi connectivity index (χ0) is 26.1. The summed E-state index contributed by atoms with van der Waals surface area (Å²) in [5, 5.41) is 23.6. The van der Waals surface area contributed by atoms with Crippen LogP contribution in [0.1, 0.15) is 43.5 Å². The molecule has 0 aliphatic rings. The van der Waals surface area contributed by atoms with Gasteiger partial charge in [0.1, 0.15) is 17.3 Å². The predicted octanol–water partition coefficient (Wildman–Crippen LogP) is 4.99. The van der Waals surface area contributed by atoms with E-state index < -0.39 is 0 Å². The molecule has 0 fully saturated rings. The third-order valence-corrected chi connectivity index (χ3v) is 6.28. The normalized spacial score (nSPS) is 11.1. The van der Waals surface area contributed by atoms with E-state index in [4.69, 9.17) is 4.98 Å². The quantitative estimate of drug-likeness (QED) is 0.332. The Morgan fingerprint density at radius 3 is 2.54 bits per heavy atom. The predicted molar refractivity (Wildman–Crippen MR) is 141 cm³/mol. The molecule has 0 N–H and O–H groups in total. The number of nitrogens with zero attached hydrogens (tertiary/aromatic N) is 8. The average molecular weight is 491 g/mol. The number of anilines is 1. The molecular weight excluding hydrogens is 464 g/mol. The molecule has 0 bridgehead atoms. The van der Waals surface area contributed by atoms with Crippen molar-refractivity contribution in [3.8, 4) is 23.1 Å². The van der Waals surface area contributed by atoms with Crippen molar-refractivity contribution in [3.05, 3.63) is 83.8 Å². The SMILES string of the molecule is CC(=O)N(Cc1ccc(-n2ccnn2)cc1)c1c(C#N)c(-c2c(C)cnn2C(C)C)nc2ccccc12. The summed E-state index contributed by atoms with van der Waals surface area (Å²) in [6, 6.07) is 17.8. The Bertz CT molecular complexity index is 1630. The molecular formula is C28H26N8O. The minimum atomic E-state index is -0.173. The second kappa shape index (κ2) is 9.66. The highest BCUT2D eigenvalue weighted by atomic mass is 16.2. The highest BCUT2D eigenvalue weighted by Crippen LogP contribution is 2.38. The molecule has 0 atom stereocenters. The van der Waals surface area contributed by atoms with Crippen LogP contribution in [0.3, 0.4) is 0 Å². The van der Waals surface area contributed by atoms with Gasteiger partial charge in [0.25, 0.3) is 0 Å². The van der Waals surface area contributed by atoms with Crippen LogP contribution < -0.4 is 4.90 Å². The topological polar surface area (TPSA) is 106 Å². The van der Waals surface area contributed by atoms with Crippen LogP contribution in [0.4, 0.5) is 5.69 Å². The van der Waals surface area contributed by atoms with Crippen molar-refractivity contribution in [3.63, 3.8) is 0 Å². The van der Waals surface area contributed by atoms with E-state index in [2.05, 4.69) is 21.5 Å².